The molecule has 0 N–H and O–H groups in total. The Morgan fingerprint density at radius 2 is 0.722 bits per heavy atom. The first-order valence-electron chi connectivity index (χ1n) is 7.12. The molecule has 0 aromatic rings. The molecule has 110 valence electrons. The van der Waals surface area contributed by atoms with Gasteiger partial charge in [0.15, 0.2) is 0 Å². The molecule has 0 atom stereocenters. The van der Waals surface area contributed by atoms with E-state index in [1.54, 1.807) is 25.7 Å². The zero-order valence-corrected chi connectivity index (χ0v) is 24.5. The van der Waals surface area contributed by atoms with Crippen LogP contribution in [0.2, 0.25) is 35.8 Å². The van der Waals surface area contributed by atoms with E-state index in [9.17, 15) is 0 Å². The summed E-state index contributed by atoms with van der Waals surface area (Å²) in [5.74, 6) is 0. The van der Waals surface area contributed by atoms with Crippen LogP contribution in [0.4, 0.5) is 0 Å². The first kappa shape index (κ1) is 16.1. The average Bonchev–Trinajstić information content (AvgIpc) is 2.94. The third-order valence-corrected chi connectivity index (χ3v) is 450. The molecule has 4 fully saturated rings. The van der Waals surface area contributed by atoms with E-state index in [4.69, 9.17) is 0 Å². The van der Waals surface area contributed by atoms with Gasteiger partial charge in [0, 0.05) is 0 Å². The molecule has 4 aliphatic heterocycles. The molecule has 0 unspecified atom stereocenters. The molecule has 0 radical (unpaired) electrons. The average molecular weight is 933 g/mol. The Morgan fingerprint density at radius 1 is 0.444 bits per heavy atom. The van der Waals surface area contributed by atoms with Gasteiger partial charge in [-0.15, -0.1) is 0 Å². The summed E-state index contributed by atoms with van der Waals surface area (Å²) < 4.78 is 15.4. The number of fused-ring (bicyclic) bond motifs is 3. The molecule has 4 saturated heterocycles. The predicted molar refractivity (Wildman–Crippen MR) is 108 cm³/mol. The van der Waals surface area contributed by atoms with Crippen molar-refractivity contribution in [2.45, 2.75) is 61.4 Å². The Morgan fingerprint density at radius 3 is 1.00 bits per heavy atom. The Kier molecular flexibility index (Phi) is 4.98. The van der Waals surface area contributed by atoms with Gasteiger partial charge in [0.25, 0.3) is 0 Å². The van der Waals surface area contributed by atoms with Crippen molar-refractivity contribution in [3.63, 3.8) is 0 Å². The Balaban J connectivity index is 1.86. The van der Waals surface area contributed by atoms with Gasteiger partial charge in [0.05, 0.1) is 0 Å². The molecule has 0 spiro atoms. The summed E-state index contributed by atoms with van der Waals surface area (Å²) in [5, 5.41) is 0. The predicted octanol–water partition coefficient (Wildman–Crippen LogP) is 5.50. The van der Waals surface area contributed by atoms with Crippen LogP contribution < -0.4 is 0 Å². The Bertz CT molecular complexity index is 330. The summed E-state index contributed by atoms with van der Waals surface area (Å²) in [7, 11) is -4.90. The monoisotopic (exact) mass is 942 g/mol. The number of rotatable bonds is 1. The minimum absolute atomic E-state index is 1.22. The molecule has 18 heavy (non-hydrogen) atoms. The van der Waals surface area contributed by atoms with Gasteiger partial charge in [-0.05, 0) is 0 Å². The fourth-order valence-corrected chi connectivity index (χ4v) is 918. The second-order valence-electron chi connectivity index (χ2n) is 5.98. The molecular weight excluding hydrogens is 908 g/mol. The summed E-state index contributed by atoms with van der Waals surface area (Å²) in [6.45, 7) is 0. The van der Waals surface area contributed by atoms with Crippen LogP contribution in [0.1, 0.15) is 25.7 Å². The van der Waals surface area contributed by atoms with E-state index < -0.39 is 41.6 Å². The summed E-state index contributed by atoms with van der Waals surface area (Å²) in [6.07, 6.45) is 7.09. The molecule has 0 aliphatic carbocycles. The van der Waals surface area contributed by atoms with Crippen molar-refractivity contribution in [2.75, 3.05) is 0 Å². The van der Waals surface area contributed by atoms with Crippen LogP contribution in [0.25, 0.3) is 0 Å². The zero-order valence-electron chi connectivity index (χ0n) is 10.9. The van der Waals surface area contributed by atoms with Gasteiger partial charge in [-0.2, -0.15) is 0 Å². The van der Waals surface area contributed by atoms with Crippen LogP contribution >= 0.6 is 37.4 Å². The minimum atomic E-state index is -1.22. The zero-order chi connectivity index (χ0) is 12.5. The van der Waals surface area contributed by atoms with Gasteiger partial charge < -0.3 is 0 Å². The molecule has 0 bridgehead atoms. The first-order valence-corrected chi connectivity index (χ1v) is 55.9. The maximum atomic E-state index is 3.29. The van der Waals surface area contributed by atoms with Crippen LogP contribution in [0, 0.1) is 0 Å². The van der Waals surface area contributed by atoms with Gasteiger partial charge in [-0.1, -0.05) is 0 Å². The van der Waals surface area contributed by atoms with Crippen molar-refractivity contribution < 1.29 is 0 Å². The van der Waals surface area contributed by atoms with Crippen molar-refractivity contribution in [2.24, 2.45) is 0 Å². The van der Waals surface area contributed by atoms with Crippen LogP contribution in [0.5, 0.6) is 0 Å². The second-order valence-corrected chi connectivity index (χ2v) is 180. The molecule has 0 amide bonds. The number of hydrogen-bond donors (Lipinski definition) is 0. The summed E-state index contributed by atoms with van der Waals surface area (Å²) in [4.78, 5) is 0. The SMILES string of the molecule is I[Te]12CCC[Te]1([Te]13CCC[Te]1(I)CCC3)CCC2. The Labute approximate surface area is 136 Å². The van der Waals surface area contributed by atoms with E-state index in [1.807, 2.05) is 35.8 Å². The second kappa shape index (κ2) is 5.57. The fraction of sp³-hybridized carbons (Fsp3) is 1.00. The fourth-order valence-electron chi connectivity index (χ4n) is 4.64. The molecule has 0 nitrogen and oxygen atoms in total. The van der Waals surface area contributed by atoms with Crippen LogP contribution in [0.3, 0.4) is 0 Å². The van der Waals surface area contributed by atoms with E-state index in [1.165, 1.54) is 0 Å². The normalized spacial score (nSPS) is 73.2. The van der Waals surface area contributed by atoms with E-state index in [0.717, 1.165) is 0 Å². The third kappa shape index (κ3) is 1.96. The van der Waals surface area contributed by atoms with E-state index in [0.29, 0.717) is 0 Å². The van der Waals surface area contributed by atoms with Crippen LogP contribution in [-0.2, 0) is 0 Å². The van der Waals surface area contributed by atoms with E-state index in [2.05, 4.69) is 37.4 Å². The molecule has 4 heterocycles. The standard InChI is InChI=1S/C12H24I2Te4/c13-15-5-1-9-17(15,10-2-6-15)18-11-3-7-16(18,14)8-4-12-18/h1-12H2. The van der Waals surface area contributed by atoms with Crippen molar-refractivity contribution in [3.05, 3.63) is 0 Å². The molecule has 0 saturated carbocycles. The van der Waals surface area contributed by atoms with E-state index in [-0.39, 0.29) is 0 Å². The molecule has 0 aromatic heterocycles. The van der Waals surface area contributed by atoms with Gasteiger partial charge >= 0.3 is 140 Å². The maximum absolute atomic E-state index is 3.29. The Hall–Kier alpha value is 4.62. The van der Waals surface area contributed by atoms with Crippen LogP contribution in [-0.4, -0.2) is 41.6 Å². The summed E-state index contributed by atoms with van der Waals surface area (Å²) in [6, 6.07) is 0. The summed E-state index contributed by atoms with van der Waals surface area (Å²) >= 11 is 6.57. The van der Waals surface area contributed by atoms with Gasteiger partial charge in [-0.25, -0.2) is 0 Å². The van der Waals surface area contributed by atoms with Crippen molar-refractivity contribution >= 4 is 79.0 Å². The van der Waals surface area contributed by atoms with Crippen molar-refractivity contribution in [1.29, 1.82) is 0 Å². The quantitative estimate of drug-likeness (QED) is 0.241. The van der Waals surface area contributed by atoms with Gasteiger partial charge in [0.1, 0.15) is 0 Å². The van der Waals surface area contributed by atoms with Gasteiger partial charge in [-0.3, -0.25) is 0 Å². The first-order chi connectivity index (χ1) is 8.58. The van der Waals surface area contributed by atoms with Crippen molar-refractivity contribution in [1.82, 2.24) is 0 Å². The molecule has 0 aromatic carbocycles. The molecule has 4 rings (SSSR count). The van der Waals surface area contributed by atoms with Crippen molar-refractivity contribution in [3.8, 4) is 0 Å². The number of halogens is 2. The molecule has 6 heteroatoms. The molecular formula is C12H24I2Te4. The summed E-state index contributed by atoms with van der Waals surface area (Å²) in [5.41, 5.74) is 0. The third-order valence-electron chi connectivity index (χ3n) is 5.26. The van der Waals surface area contributed by atoms with E-state index >= 15 is 0 Å². The topological polar surface area (TPSA) is 0 Å². The molecule has 4 aliphatic rings. The van der Waals surface area contributed by atoms with Crippen LogP contribution in [0.15, 0.2) is 0 Å². The number of hydrogen-bond acceptors (Lipinski definition) is 0. The van der Waals surface area contributed by atoms with Gasteiger partial charge in [0.2, 0.25) is 0 Å².